The van der Waals surface area contributed by atoms with Gasteiger partial charge in [0.05, 0.1) is 13.3 Å². The first-order valence-corrected chi connectivity index (χ1v) is 5.10. The van der Waals surface area contributed by atoms with Gasteiger partial charge in [0.2, 0.25) is 0 Å². The second-order valence-electron chi connectivity index (χ2n) is 3.44. The molecule has 0 spiro atoms. The average Bonchev–Trinajstić information content (AvgIpc) is 2.39. The number of benzene rings is 1. The van der Waals surface area contributed by atoms with Crippen LogP contribution in [0.5, 0.6) is 5.75 Å². The van der Waals surface area contributed by atoms with Crippen molar-refractivity contribution < 1.29 is 4.74 Å². The van der Waals surface area contributed by atoms with Crippen molar-refractivity contribution in [3.05, 3.63) is 42.7 Å². The maximum Gasteiger partial charge on any atom is 0.137 e. The largest absolute Gasteiger partial charge is 0.495 e. The van der Waals surface area contributed by atoms with Crippen molar-refractivity contribution in [2.24, 2.45) is 0 Å². The van der Waals surface area contributed by atoms with Gasteiger partial charge in [0.25, 0.3) is 0 Å². The molecule has 0 amide bonds. The number of anilines is 1. The van der Waals surface area contributed by atoms with E-state index in [1.807, 2.05) is 31.4 Å². The number of pyridine rings is 1. The van der Waals surface area contributed by atoms with E-state index in [1.165, 1.54) is 0 Å². The van der Waals surface area contributed by atoms with Crippen molar-refractivity contribution in [2.75, 3.05) is 19.5 Å². The summed E-state index contributed by atoms with van der Waals surface area (Å²) in [5.41, 5.74) is 3.26. The standard InChI is InChI=1S/C13H14N2O/c1-14-12-5-3-4-10(6-12)11-7-13(16-2)9-15-8-11/h3-9,14H,1-2H3. The zero-order valence-electron chi connectivity index (χ0n) is 9.40. The van der Waals surface area contributed by atoms with Gasteiger partial charge < -0.3 is 10.1 Å². The van der Waals surface area contributed by atoms with Gasteiger partial charge in [-0.2, -0.15) is 0 Å². The number of nitrogens with zero attached hydrogens (tertiary/aromatic N) is 1. The Balaban J connectivity index is 2.41. The molecule has 1 aromatic carbocycles. The first kappa shape index (κ1) is 10.5. The Morgan fingerprint density at radius 3 is 2.75 bits per heavy atom. The molecule has 1 N–H and O–H groups in total. The van der Waals surface area contributed by atoms with E-state index < -0.39 is 0 Å². The van der Waals surface area contributed by atoms with Gasteiger partial charge in [-0.25, -0.2) is 0 Å². The summed E-state index contributed by atoms with van der Waals surface area (Å²) in [5.74, 6) is 0.771. The fourth-order valence-corrected chi connectivity index (χ4v) is 1.54. The summed E-state index contributed by atoms with van der Waals surface area (Å²) in [6.45, 7) is 0. The van der Waals surface area contributed by atoms with Gasteiger partial charge in [-0.05, 0) is 23.8 Å². The lowest BCUT2D eigenvalue weighted by molar-refractivity contribution is 0.413. The molecule has 16 heavy (non-hydrogen) atoms. The van der Waals surface area contributed by atoms with E-state index in [9.17, 15) is 0 Å². The Labute approximate surface area is 95.1 Å². The Morgan fingerprint density at radius 1 is 1.12 bits per heavy atom. The highest BCUT2D eigenvalue weighted by Gasteiger charge is 2.00. The summed E-state index contributed by atoms with van der Waals surface area (Å²) in [7, 11) is 3.55. The van der Waals surface area contributed by atoms with E-state index in [4.69, 9.17) is 4.74 Å². The van der Waals surface area contributed by atoms with E-state index in [2.05, 4.69) is 22.4 Å². The topological polar surface area (TPSA) is 34.2 Å². The summed E-state index contributed by atoms with van der Waals surface area (Å²) < 4.78 is 5.15. The highest BCUT2D eigenvalue weighted by atomic mass is 16.5. The number of methoxy groups -OCH3 is 1. The third-order valence-corrected chi connectivity index (χ3v) is 2.43. The quantitative estimate of drug-likeness (QED) is 0.853. The second-order valence-corrected chi connectivity index (χ2v) is 3.44. The average molecular weight is 214 g/mol. The molecule has 0 atom stereocenters. The van der Waals surface area contributed by atoms with Gasteiger partial charge in [0, 0.05) is 24.5 Å². The Bertz CT molecular complexity index is 437. The maximum atomic E-state index is 5.15. The lowest BCUT2D eigenvalue weighted by Crippen LogP contribution is -1.89. The van der Waals surface area contributed by atoms with E-state index in [0.717, 1.165) is 22.6 Å². The molecule has 0 aliphatic carbocycles. The third-order valence-electron chi connectivity index (χ3n) is 2.43. The molecular weight excluding hydrogens is 200 g/mol. The molecule has 2 aromatic rings. The molecule has 2 rings (SSSR count). The van der Waals surface area contributed by atoms with E-state index >= 15 is 0 Å². The van der Waals surface area contributed by atoms with Crippen molar-refractivity contribution in [3.63, 3.8) is 0 Å². The van der Waals surface area contributed by atoms with Gasteiger partial charge in [0.1, 0.15) is 5.75 Å². The van der Waals surface area contributed by atoms with E-state index in [0.29, 0.717) is 0 Å². The molecule has 0 unspecified atom stereocenters. The summed E-state index contributed by atoms with van der Waals surface area (Å²) in [6, 6.07) is 10.1. The normalized spacial score (nSPS) is 9.88. The van der Waals surface area contributed by atoms with Gasteiger partial charge in [-0.15, -0.1) is 0 Å². The Hall–Kier alpha value is -2.03. The molecule has 82 valence electrons. The molecule has 0 saturated carbocycles. The molecule has 3 nitrogen and oxygen atoms in total. The molecule has 1 aromatic heterocycles. The van der Waals surface area contributed by atoms with Crippen LogP contribution in [-0.4, -0.2) is 19.1 Å². The molecular formula is C13H14N2O. The van der Waals surface area contributed by atoms with Crippen molar-refractivity contribution in [1.29, 1.82) is 0 Å². The lowest BCUT2D eigenvalue weighted by atomic mass is 10.1. The van der Waals surface area contributed by atoms with Crippen molar-refractivity contribution in [3.8, 4) is 16.9 Å². The van der Waals surface area contributed by atoms with Crippen LogP contribution in [0.3, 0.4) is 0 Å². The SMILES string of the molecule is CNc1cccc(-c2cncc(OC)c2)c1. The van der Waals surface area contributed by atoms with Crippen LogP contribution in [0, 0.1) is 0 Å². The van der Waals surface area contributed by atoms with Gasteiger partial charge in [0.15, 0.2) is 0 Å². The van der Waals surface area contributed by atoms with Crippen LogP contribution in [0.25, 0.3) is 11.1 Å². The van der Waals surface area contributed by atoms with Crippen LogP contribution < -0.4 is 10.1 Å². The minimum absolute atomic E-state index is 0.771. The fraction of sp³-hybridized carbons (Fsp3) is 0.154. The molecule has 0 saturated heterocycles. The first-order chi connectivity index (χ1) is 7.83. The molecule has 1 heterocycles. The third kappa shape index (κ3) is 2.14. The highest BCUT2D eigenvalue weighted by molar-refractivity contribution is 5.68. The predicted octanol–water partition coefficient (Wildman–Crippen LogP) is 2.80. The van der Waals surface area contributed by atoms with E-state index in [1.54, 1.807) is 13.3 Å². The number of nitrogens with one attached hydrogen (secondary N) is 1. The van der Waals surface area contributed by atoms with Crippen LogP contribution in [0.4, 0.5) is 5.69 Å². The first-order valence-electron chi connectivity index (χ1n) is 5.10. The van der Waals surface area contributed by atoms with Gasteiger partial charge in [-0.1, -0.05) is 12.1 Å². The second kappa shape index (κ2) is 4.66. The van der Waals surface area contributed by atoms with Crippen molar-refractivity contribution in [2.45, 2.75) is 0 Å². The number of hydrogen-bond donors (Lipinski definition) is 1. The zero-order chi connectivity index (χ0) is 11.4. The summed E-state index contributed by atoms with van der Waals surface area (Å²) in [5, 5.41) is 3.11. The van der Waals surface area contributed by atoms with Crippen LogP contribution in [0.2, 0.25) is 0 Å². The Morgan fingerprint density at radius 2 is 2.00 bits per heavy atom. The highest BCUT2D eigenvalue weighted by Crippen LogP contribution is 2.24. The lowest BCUT2D eigenvalue weighted by Gasteiger charge is -2.06. The number of ether oxygens (including phenoxy) is 1. The van der Waals surface area contributed by atoms with Gasteiger partial charge in [-0.3, -0.25) is 4.98 Å². The fourth-order valence-electron chi connectivity index (χ4n) is 1.54. The molecule has 0 fully saturated rings. The summed E-state index contributed by atoms with van der Waals surface area (Å²) in [6.07, 6.45) is 3.53. The zero-order valence-corrected chi connectivity index (χ0v) is 9.40. The minimum atomic E-state index is 0.771. The number of rotatable bonds is 3. The van der Waals surface area contributed by atoms with E-state index in [-0.39, 0.29) is 0 Å². The number of aromatic nitrogens is 1. The Kier molecular flexibility index (Phi) is 3.05. The van der Waals surface area contributed by atoms with Crippen molar-refractivity contribution in [1.82, 2.24) is 4.98 Å². The van der Waals surface area contributed by atoms with Crippen LogP contribution in [0.1, 0.15) is 0 Å². The van der Waals surface area contributed by atoms with Crippen LogP contribution >= 0.6 is 0 Å². The molecule has 3 heteroatoms. The predicted molar refractivity (Wildman–Crippen MR) is 65.8 cm³/mol. The van der Waals surface area contributed by atoms with Gasteiger partial charge >= 0.3 is 0 Å². The maximum absolute atomic E-state index is 5.15. The number of hydrogen-bond acceptors (Lipinski definition) is 3. The molecule has 0 radical (unpaired) electrons. The van der Waals surface area contributed by atoms with Crippen LogP contribution in [-0.2, 0) is 0 Å². The monoisotopic (exact) mass is 214 g/mol. The molecule has 0 aliphatic rings. The minimum Gasteiger partial charge on any atom is -0.495 e. The summed E-state index contributed by atoms with van der Waals surface area (Å²) in [4.78, 5) is 4.14. The van der Waals surface area contributed by atoms with Crippen molar-refractivity contribution >= 4 is 5.69 Å². The molecule has 0 bridgehead atoms. The smallest absolute Gasteiger partial charge is 0.137 e. The molecule has 0 aliphatic heterocycles. The summed E-state index contributed by atoms with van der Waals surface area (Å²) >= 11 is 0. The van der Waals surface area contributed by atoms with Crippen LogP contribution in [0.15, 0.2) is 42.7 Å².